The van der Waals surface area contributed by atoms with Crippen LogP contribution in [0, 0.1) is 0 Å². The summed E-state index contributed by atoms with van der Waals surface area (Å²) in [6.45, 7) is 1.77. The van der Waals surface area contributed by atoms with Crippen LogP contribution in [0.5, 0.6) is 0 Å². The van der Waals surface area contributed by atoms with Crippen molar-refractivity contribution in [3.63, 3.8) is 0 Å². The van der Waals surface area contributed by atoms with Gasteiger partial charge in [0.05, 0.1) is 12.8 Å². The first-order chi connectivity index (χ1) is 5.75. The Morgan fingerprint density at radius 3 is 2.92 bits per heavy atom. The maximum absolute atomic E-state index is 11.0. The monoisotopic (exact) mass is 169 g/mol. The van der Waals surface area contributed by atoms with E-state index >= 15 is 0 Å². The van der Waals surface area contributed by atoms with Gasteiger partial charge in [-0.05, 0) is 6.92 Å². The molecule has 1 aromatic heterocycles. The Labute approximate surface area is 68.3 Å². The Morgan fingerprint density at radius 1 is 1.67 bits per heavy atom. The minimum Gasteiger partial charge on any atom is -0.460 e. The zero-order chi connectivity index (χ0) is 8.97. The highest BCUT2D eigenvalue weighted by Gasteiger charge is 2.21. The zero-order valence-corrected chi connectivity index (χ0v) is 6.44. The summed E-state index contributed by atoms with van der Waals surface area (Å²) in [5.74, 6) is -2.05. The molecule has 12 heavy (non-hydrogen) atoms. The quantitative estimate of drug-likeness (QED) is 0.372. The van der Waals surface area contributed by atoms with Crippen molar-refractivity contribution in [2.45, 2.75) is 6.92 Å². The highest BCUT2D eigenvalue weighted by molar-refractivity contribution is 6.39. The van der Waals surface area contributed by atoms with Crippen LogP contribution in [-0.2, 0) is 9.53 Å². The summed E-state index contributed by atoms with van der Waals surface area (Å²) < 4.78 is 9.04. The summed E-state index contributed by atoms with van der Waals surface area (Å²) in [4.78, 5) is 25.2. The van der Waals surface area contributed by atoms with Crippen LogP contribution in [0.4, 0.5) is 0 Å². The van der Waals surface area contributed by atoms with E-state index in [1.165, 1.54) is 12.5 Å². The van der Waals surface area contributed by atoms with Crippen LogP contribution in [0.15, 0.2) is 16.9 Å². The lowest BCUT2D eigenvalue weighted by Crippen LogP contribution is -2.17. The maximum Gasteiger partial charge on any atom is 0.384 e. The number of ether oxygens (including phenoxy) is 1. The Bertz CT molecular complexity index is 278. The molecular weight excluding hydrogens is 162 g/mol. The number of esters is 1. The zero-order valence-electron chi connectivity index (χ0n) is 6.44. The molecule has 0 aliphatic heterocycles. The topological polar surface area (TPSA) is 69.4 Å². The van der Waals surface area contributed by atoms with Gasteiger partial charge in [-0.2, -0.15) is 0 Å². The highest BCUT2D eigenvalue weighted by atomic mass is 16.5. The van der Waals surface area contributed by atoms with Crippen LogP contribution in [0.25, 0.3) is 0 Å². The van der Waals surface area contributed by atoms with Gasteiger partial charge in [-0.15, -0.1) is 0 Å². The van der Waals surface area contributed by atoms with Crippen molar-refractivity contribution >= 4 is 11.8 Å². The van der Waals surface area contributed by atoms with Crippen molar-refractivity contribution in [1.82, 2.24) is 4.98 Å². The van der Waals surface area contributed by atoms with Gasteiger partial charge < -0.3 is 9.15 Å². The van der Waals surface area contributed by atoms with Crippen LogP contribution in [-0.4, -0.2) is 23.3 Å². The molecule has 0 aliphatic rings. The average molecular weight is 169 g/mol. The summed E-state index contributed by atoms with van der Waals surface area (Å²) in [6, 6.07) is 0. The highest BCUT2D eigenvalue weighted by Crippen LogP contribution is 1.97. The maximum atomic E-state index is 11.0. The first-order valence-electron chi connectivity index (χ1n) is 3.36. The molecule has 5 nitrogen and oxygen atoms in total. The van der Waals surface area contributed by atoms with E-state index in [0.29, 0.717) is 0 Å². The van der Waals surface area contributed by atoms with E-state index in [4.69, 9.17) is 0 Å². The van der Waals surface area contributed by atoms with E-state index < -0.39 is 11.8 Å². The van der Waals surface area contributed by atoms with Crippen molar-refractivity contribution < 1.29 is 18.7 Å². The van der Waals surface area contributed by atoms with Crippen LogP contribution >= 0.6 is 0 Å². The molecule has 0 aromatic carbocycles. The average Bonchev–Trinajstić information content (AvgIpc) is 2.55. The normalized spacial score (nSPS) is 9.42. The van der Waals surface area contributed by atoms with Gasteiger partial charge in [0, 0.05) is 0 Å². The SMILES string of the molecule is CCOC(=O)C(=O)c1ncco1. The molecule has 1 aromatic rings. The van der Waals surface area contributed by atoms with Gasteiger partial charge in [0.15, 0.2) is 0 Å². The number of carbonyl (C=O) groups is 2. The molecule has 0 radical (unpaired) electrons. The second-order valence-electron chi connectivity index (χ2n) is 1.89. The van der Waals surface area contributed by atoms with E-state index in [-0.39, 0.29) is 12.5 Å². The van der Waals surface area contributed by atoms with Gasteiger partial charge >= 0.3 is 11.8 Å². The second-order valence-corrected chi connectivity index (χ2v) is 1.89. The minimum absolute atomic E-state index is 0.158. The van der Waals surface area contributed by atoms with Crippen molar-refractivity contribution in [3.05, 3.63) is 18.4 Å². The summed E-state index contributed by atoms with van der Waals surface area (Å²) >= 11 is 0. The lowest BCUT2D eigenvalue weighted by atomic mass is 10.4. The molecule has 1 heterocycles. The summed E-state index contributed by atoms with van der Waals surface area (Å²) in [5, 5.41) is 0. The largest absolute Gasteiger partial charge is 0.460 e. The Morgan fingerprint density at radius 2 is 2.42 bits per heavy atom. The number of oxazole rings is 1. The molecular formula is C7H7NO4. The van der Waals surface area contributed by atoms with Crippen LogP contribution in [0.2, 0.25) is 0 Å². The third kappa shape index (κ3) is 1.69. The lowest BCUT2D eigenvalue weighted by Gasteiger charge is -1.95. The molecule has 0 saturated heterocycles. The van der Waals surface area contributed by atoms with Gasteiger partial charge in [0.2, 0.25) is 0 Å². The number of rotatable bonds is 3. The Hall–Kier alpha value is -1.65. The predicted octanol–water partition coefficient (Wildman–Crippen LogP) is 0.420. The molecule has 0 saturated carbocycles. The van der Waals surface area contributed by atoms with Crippen LogP contribution < -0.4 is 0 Å². The van der Waals surface area contributed by atoms with Gasteiger partial charge in [0.1, 0.15) is 6.26 Å². The summed E-state index contributed by atoms with van der Waals surface area (Å²) in [5.41, 5.74) is 0. The number of carbonyl (C=O) groups excluding carboxylic acids is 2. The molecule has 1 rings (SSSR count). The van der Waals surface area contributed by atoms with Crippen molar-refractivity contribution in [1.29, 1.82) is 0 Å². The number of hydrogen-bond acceptors (Lipinski definition) is 5. The molecule has 0 atom stereocenters. The molecule has 0 bridgehead atoms. The Kier molecular flexibility index (Phi) is 2.57. The van der Waals surface area contributed by atoms with E-state index in [0.717, 1.165) is 0 Å². The van der Waals surface area contributed by atoms with Crippen molar-refractivity contribution in [2.75, 3.05) is 6.61 Å². The van der Waals surface area contributed by atoms with Gasteiger partial charge in [-0.25, -0.2) is 9.78 Å². The second kappa shape index (κ2) is 3.66. The fourth-order valence-corrected chi connectivity index (χ4v) is 0.620. The number of ketones is 1. The van der Waals surface area contributed by atoms with E-state index in [1.807, 2.05) is 0 Å². The fourth-order valence-electron chi connectivity index (χ4n) is 0.620. The molecule has 0 aliphatic carbocycles. The van der Waals surface area contributed by atoms with Crippen molar-refractivity contribution in [3.8, 4) is 0 Å². The third-order valence-corrected chi connectivity index (χ3v) is 1.09. The summed E-state index contributed by atoms with van der Waals surface area (Å²) in [7, 11) is 0. The predicted molar refractivity (Wildman–Crippen MR) is 37.5 cm³/mol. The molecule has 0 spiro atoms. The van der Waals surface area contributed by atoms with Crippen LogP contribution in [0.3, 0.4) is 0 Å². The van der Waals surface area contributed by atoms with E-state index in [2.05, 4.69) is 14.1 Å². The molecule has 0 unspecified atom stereocenters. The van der Waals surface area contributed by atoms with Crippen molar-refractivity contribution in [2.24, 2.45) is 0 Å². The number of hydrogen-bond donors (Lipinski definition) is 0. The molecule has 5 heteroatoms. The van der Waals surface area contributed by atoms with Gasteiger partial charge in [0.25, 0.3) is 5.89 Å². The van der Waals surface area contributed by atoms with Gasteiger partial charge in [-0.1, -0.05) is 0 Å². The van der Waals surface area contributed by atoms with E-state index in [1.54, 1.807) is 6.92 Å². The van der Waals surface area contributed by atoms with E-state index in [9.17, 15) is 9.59 Å². The standard InChI is InChI=1S/C7H7NO4/c1-2-11-7(10)5(9)6-8-3-4-12-6/h3-4H,2H2,1H3. The molecule has 0 N–H and O–H groups in total. The lowest BCUT2D eigenvalue weighted by molar-refractivity contribution is -0.137. The Balaban J connectivity index is 2.66. The number of Topliss-reactive ketones (excluding diaryl/α,β-unsaturated/α-hetero) is 1. The number of aromatic nitrogens is 1. The first kappa shape index (κ1) is 8.45. The minimum atomic E-state index is -0.944. The van der Waals surface area contributed by atoms with Crippen LogP contribution in [0.1, 0.15) is 17.6 Å². The molecule has 0 amide bonds. The first-order valence-corrected chi connectivity index (χ1v) is 3.36. The summed E-state index contributed by atoms with van der Waals surface area (Å²) in [6.07, 6.45) is 2.50. The third-order valence-electron chi connectivity index (χ3n) is 1.09. The fraction of sp³-hybridized carbons (Fsp3) is 0.286. The molecule has 0 fully saturated rings. The van der Waals surface area contributed by atoms with Gasteiger partial charge in [-0.3, -0.25) is 4.79 Å². The smallest absolute Gasteiger partial charge is 0.384 e. The number of nitrogens with zero attached hydrogens (tertiary/aromatic N) is 1. The molecule has 64 valence electrons.